The van der Waals surface area contributed by atoms with E-state index in [0.29, 0.717) is 6.42 Å². The molecular formula is C12H15NO3S. The largest absolute Gasteiger partial charge is 0.481 e. The molecule has 0 radical (unpaired) electrons. The quantitative estimate of drug-likeness (QED) is 0.843. The van der Waals surface area contributed by atoms with Gasteiger partial charge in [-0.05, 0) is 24.3 Å². The molecule has 1 aromatic rings. The van der Waals surface area contributed by atoms with E-state index in [0.717, 1.165) is 11.3 Å². The number of carboxylic acid groups (broad SMARTS) is 1. The van der Waals surface area contributed by atoms with E-state index in [-0.39, 0.29) is 17.9 Å². The molecule has 0 unspecified atom stereocenters. The monoisotopic (exact) mass is 253 g/mol. The van der Waals surface area contributed by atoms with Gasteiger partial charge in [0.25, 0.3) is 0 Å². The standard InChI is InChI=1S/C12H15NO3S/c1-2-9(10-4-3-5-17-10)13-11(14)7-6-8(7)12(15)16/h3-5,7-9H,2,6H2,1H3,(H,13,14)(H,15,16)/t7-,8+,9-/m0/s1. The smallest absolute Gasteiger partial charge is 0.307 e. The lowest BCUT2D eigenvalue weighted by molar-refractivity contribution is -0.140. The Hall–Kier alpha value is -1.36. The van der Waals surface area contributed by atoms with Gasteiger partial charge < -0.3 is 10.4 Å². The van der Waals surface area contributed by atoms with Gasteiger partial charge >= 0.3 is 5.97 Å². The summed E-state index contributed by atoms with van der Waals surface area (Å²) in [6, 6.07) is 3.95. The topological polar surface area (TPSA) is 66.4 Å². The van der Waals surface area contributed by atoms with Gasteiger partial charge in [0.2, 0.25) is 5.91 Å². The lowest BCUT2D eigenvalue weighted by Crippen LogP contribution is -2.30. The van der Waals surface area contributed by atoms with Gasteiger partial charge in [-0.1, -0.05) is 13.0 Å². The SMILES string of the molecule is CC[C@H](NC(=O)[C@H]1C[C@H]1C(=O)O)c1cccs1. The number of amides is 1. The Morgan fingerprint density at radius 1 is 1.59 bits per heavy atom. The van der Waals surface area contributed by atoms with Crippen molar-refractivity contribution < 1.29 is 14.7 Å². The zero-order valence-corrected chi connectivity index (χ0v) is 10.4. The fourth-order valence-electron chi connectivity index (χ4n) is 1.90. The lowest BCUT2D eigenvalue weighted by Gasteiger charge is -2.15. The highest BCUT2D eigenvalue weighted by Crippen LogP contribution is 2.39. The van der Waals surface area contributed by atoms with Crippen molar-refractivity contribution in [1.29, 1.82) is 0 Å². The van der Waals surface area contributed by atoms with Gasteiger partial charge in [0, 0.05) is 4.88 Å². The van der Waals surface area contributed by atoms with Gasteiger partial charge in [0.15, 0.2) is 0 Å². The summed E-state index contributed by atoms with van der Waals surface area (Å²) in [5.74, 6) is -1.80. The Morgan fingerprint density at radius 3 is 2.82 bits per heavy atom. The minimum atomic E-state index is -0.866. The average molecular weight is 253 g/mol. The molecule has 1 fully saturated rings. The second-order valence-corrected chi connectivity index (χ2v) is 5.25. The maximum Gasteiger partial charge on any atom is 0.307 e. The number of hydrogen-bond donors (Lipinski definition) is 2. The second-order valence-electron chi connectivity index (χ2n) is 4.27. The molecule has 1 saturated carbocycles. The first kappa shape index (κ1) is 12.1. The highest BCUT2D eigenvalue weighted by atomic mass is 32.1. The Balaban J connectivity index is 1.92. The van der Waals surface area contributed by atoms with Gasteiger partial charge in [-0.3, -0.25) is 9.59 Å². The summed E-state index contributed by atoms with van der Waals surface area (Å²) in [6.07, 6.45) is 1.29. The summed E-state index contributed by atoms with van der Waals surface area (Å²) in [5.41, 5.74) is 0. The third kappa shape index (κ3) is 2.66. The Kier molecular flexibility index (Phi) is 3.47. The van der Waals surface area contributed by atoms with Crippen LogP contribution in [0.2, 0.25) is 0 Å². The third-order valence-corrected chi connectivity index (χ3v) is 4.04. The maximum atomic E-state index is 11.8. The normalized spacial score (nSPS) is 24.1. The lowest BCUT2D eigenvalue weighted by atomic mass is 10.1. The summed E-state index contributed by atoms with van der Waals surface area (Å²) in [7, 11) is 0. The van der Waals surface area contributed by atoms with Crippen LogP contribution in [-0.2, 0) is 9.59 Å². The van der Waals surface area contributed by atoms with E-state index in [1.54, 1.807) is 11.3 Å². The number of rotatable bonds is 5. The first-order valence-electron chi connectivity index (χ1n) is 5.70. The molecule has 0 spiro atoms. The molecule has 1 amide bonds. The summed E-state index contributed by atoms with van der Waals surface area (Å²) >= 11 is 1.61. The number of aliphatic carboxylic acids is 1. The summed E-state index contributed by atoms with van der Waals surface area (Å²) in [4.78, 5) is 23.6. The molecule has 0 aliphatic heterocycles. The molecule has 2 rings (SSSR count). The van der Waals surface area contributed by atoms with Crippen LogP contribution in [-0.4, -0.2) is 17.0 Å². The summed E-state index contributed by atoms with van der Waals surface area (Å²) < 4.78 is 0. The molecule has 1 aliphatic rings. The zero-order valence-electron chi connectivity index (χ0n) is 9.55. The molecule has 5 heteroatoms. The molecule has 17 heavy (non-hydrogen) atoms. The first-order chi connectivity index (χ1) is 8.13. The molecule has 0 bridgehead atoms. The highest BCUT2D eigenvalue weighted by Gasteiger charge is 2.48. The minimum Gasteiger partial charge on any atom is -0.481 e. The number of hydrogen-bond acceptors (Lipinski definition) is 3. The first-order valence-corrected chi connectivity index (χ1v) is 6.58. The Morgan fingerprint density at radius 2 is 2.35 bits per heavy atom. The van der Waals surface area contributed by atoms with Gasteiger partial charge in [-0.2, -0.15) is 0 Å². The zero-order chi connectivity index (χ0) is 12.4. The van der Waals surface area contributed by atoms with Crippen molar-refractivity contribution in [3.8, 4) is 0 Å². The van der Waals surface area contributed by atoms with E-state index in [4.69, 9.17) is 5.11 Å². The molecule has 1 heterocycles. The van der Waals surface area contributed by atoms with Crippen LogP contribution in [0.3, 0.4) is 0 Å². The summed E-state index contributed by atoms with van der Waals surface area (Å²) in [6.45, 7) is 2.01. The molecule has 0 aromatic carbocycles. The Labute approximate surface area is 104 Å². The highest BCUT2D eigenvalue weighted by molar-refractivity contribution is 7.10. The Bertz CT molecular complexity index is 415. The van der Waals surface area contributed by atoms with Crippen LogP contribution in [0.25, 0.3) is 0 Å². The molecule has 2 N–H and O–H groups in total. The summed E-state index contributed by atoms with van der Waals surface area (Å²) in [5, 5.41) is 13.7. The van der Waals surface area contributed by atoms with Crippen molar-refractivity contribution in [3.05, 3.63) is 22.4 Å². The van der Waals surface area contributed by atoms with Crippen LogP contribution in [0.1, 0.15) is 30.7 Å². The van der Waals surface area contributed by atoms with Gasteiger partial charge in [-0.25, -0.2) is 0 Å². The average Bonchev–Trinajstić information content (AvgIpc) is 2.94. The molecule has 0 saturated heterocycles. The van der Waals surface area contributed by atoms with Crippen LogP contribution < -0.4 is 5.32 Å². The van der Waals surface area contributed by atoms with Crippen LogP contribution in [0, 0.1) is 11.8 Å². The molecular weight excluding hydrogens is 238 g/mol. The maximum absolute atomic E-state index is 11.8. The van der Waals surface area contributed by atoms with Crippen molar-refractivity contribution in [1.82, 2.24) is 5.32 Å². The van der Waals surface area contributed by atoms with E-state index in [9.17, 15) is 9.59 Å². The fourth-order valence-corrected chi connectivity index (χ4v) is 2.76. The van der Waals surface area contributed by atoms with E-state index in [2.05, 4.69) is 5.32 Å². The molecule has 4 nitrogen and oxygen atoms in total. The van der Waals surface area contributed by atoms with Crippen molar-refractivity contribution >= 4 is 23.2 Å². The van der Waals surface area contributed by atoms with Crippen molar-refractivity contribution in [2.45, 2.75) is 25.8 Å². The number of carboxylic acids is 1. The van der Waals surface area contributed by atoms with E-state index >= 15 is 0 Å². The van der Waals surface area contributed by atoms with Crippen LogP contribution in [0.5, 0.6) is 0 Å². The fraction of sp³-hybridized carbons (Fsp3) is 0.500. The molecule has 3 atom stereocenters. The number of carbonyl (C=O) groups excluding carboxylic acids is 1. The van der Waals surface area contributed by atoms with E-state index < -0.39 is 11.9 Å². The number of carbonyl (C=O) groups is 2. The van der Waals surface area contributed by atoms with Crippen molar-refractivity contribution in [2.24, 2.45) is 11.8 Å². The van der Waals surface area contributed by atoms with E-state index in [1.807, 2.05) is 24.4 Å². The van der Waals surface area contributed by atoms with Crippen LogP contribution >= 0.6 is 11.3 Å². The van der Waals surface area contributed by atoms with E-state index in [1.165, 1.54) is 0 Å². The second kappa shape index (κ2) is 4.87. The van der Waals surface area contributed by atoms with Crippen LogP contribution in [0.4, 0.5) is 0 Å². The number of nitrogens with one attached hydrogen (secondary N) is 1. The van der Waals surface area contributed by atoms with Crippen molar-refractivity contribution in [3.63, 3.8) is 0 Å². The van der Waals surface area contributed by atoms with Crippen LogP contribution in [0.15, 0.2) is 17.5 Å². The molecule has 1 aliphatic carbocycles. The van der Waals surface area contributed by atoms with Crippen molar-refractivity contribution in [2.75, 3.05) is 0 Å². The minimum absolute atomic E-state index is 0.0116. The van der Waals surface area contributed by atoms with Gasteiger partial charge in [0.05, 0.1) is 17.9 Å². The van der Waals surface area contributed by atoms with Gasteiger partial charge in [0.1, 0.15) is 0 Å². The molecule has 92 valence electrons. The predicted octanol–water partition coefficient (Wildman–Crippen LogP) is 2.04. The third-order valence-electron chi connectivity index (χ3n) is 3.06. The number of thiophene rings is 1. The molecule has 1 aromatic heterocycles. The predicted molar refractivity (Wildman–Crippen MR) is 64.7 cm³/mol. The van der Waals surface area contributed by atoms with Gasteiger partial charge in [-0.15, -0.1) is 11.3 Å².